The first-order valence-corrected chi connectivity index (χ1v) is 7.72. The van der Waals surface area contributed by atoms with Gasteiger partial charge in [-0.3, -0.25) is 20.1 Å². The largest absolute Gasteiger partial charge is 0.370 e. The van der Waals surface area contributed by atoms with E-state index < -0.39 is 0 Å². The van der Waals surface area contributed by atoms with Crippen molar-refractivity contribution in [3.63, 3.8) is 0 Å². The van der Waals surface area contributed by atoms with Gasteiger partial charge in [0.2, 0.25) is 5.91 Å². The topological polar surface area (TPSA) is 96.0 Å². The van der Waals surface area contributed by atoms with E-state index in [0.29, 0.717) is 5.56 Å². The molecule has 0 aliphatic rings. The lowest BCUT2D eigenvalue weighted by molar-refractivity contribution is -0.126. The minimum atomic E-state index is -0.265. The summed E-state index contributed by atoms with van der Waals surface area (Å²) in [4.78, 5) is 22.6. The van der Waals surface area contributed by atoms with Crippen LogP contribution in [0.2, 0.25) is 0 Å². The van der Waals surface area contributed by atoms with Crippen LogP contribution in [-0.4, -0.2) is 33.8 Å². The summed E-state index contributed by atoms with van der Waals surface area (Å²) < 4.78 is 0. The van der Waals surface area contributed by atoms with Crippen molar-refractivity contribution in [1.82, 2.24) is 14.9 Å². The van der Waals surface area contributed by atoms with E-state index in [1.165, 1.54) is 18.4 Å². The molecule has 0 aromatic carbocycles. The lowest BCUT2D eigenvalue weighted by Crippen LogP contribution is -2.38. The van der Waals surface area contributed by atoms with Crippen LogP contribution >= 0.6 is 11.3 Å². The normalized spacial score (nSPS) is 11.5. The molecule has 0 aliphatic carbocycles. The Kier molecular flexibility index (Phi) is 5.09. The van der Waals surface area contributed by atoms with Gasteiger partial charge in [-0.1, -0.05) is 12.8 Å². The number of hydrogen-bond donors (Lipinski definition) is 2. The monoisotopic (exact) mass is 327 g/mol. The van der Waals surface area contributed by atoms with Gasteiger partial charge in [0.1, 0.15) is 0 Å². The van der Waals surface area contributed by atoms with Gasteiger partial charge in [0.15, 0.2) is 5.96 Å². The van der Waals surface area contributed by atoms with Crippen LogP contribution in [0, 0.1) is 17.8 Å². The molecule has 2 aromatic rings. The number of nitrogens with one attached hydrogen (secondary N) is 1. The van der Waals surface area contributed by atoms with Crippen LogP contribution in [0.5, 0.6) is 0 Å². The van der Waals surface area contributed by atoms with Crippen molar-refractivity contribution in [2.45, 2.75) is 19.3 Å². The number of amides is 1. The number of guanidine groups is 1. The van der Waals surface area contributed by atoms with Crippen LogP contribution in [0.1, 0.15) is 29.8 Å². The van der Waals surface area contributed by atoms with Gasteiger partial charge in [0.05, 0.1) is 9.88 Å². The molecule has 23 heavy (non-hydrogen) atoms. The van der Waals surface area contributed by atoms with E-state index >= 15 is 0 Å². The van der Waals surface area contributed by atoms with Gasteiger partial charge in [-0.2, -0.15) is 0 Å². The van der Waals surface area contributed by atoms with Gasteiger partial charge >= 0.3 is 0 Å². The fourth-order valence-corrected chi connectivity index (χ4v) is 2.87. The molecule has 1 amide bonds. The number of aromatic nitrogens is 2. The Morgan fingerprint density at radius 2 is 2.26 bits per heavy atom. The van der Waals surface area contributed by atoms with Crippen molar-refractivity contribution in [1.29, 1.82) is 5.41 Å². The minimum absolute atomic E-state index is 0.0631. The molecule has 3 N–H and O–H groups in total. The first-order valence-electron chi connectivity index (χ1n) is 6.90. The summed E-state index contributed by atoms with van der Waals surface area (Å²) in [5.41, 5.74) is 6.93. The van der Waals surface area contributed by atoms with Crippen LogP contribution < -0.4 is 5.73 Å². The molecule has 1 atom stereocenters. The summed E-state index contributed by atoms with van der Waals surface area (Å²) in [7, 11) is 1.49. The van der Waals surface area contributed by atoms with Gasteiger partial charge in [-0.15, -0.1) is 17.8 Å². The van der Waals surface area contributed by atoms with Crippen molar-refractivity contribution in [3.8, 4) is 22.8 Å². The highest BCUT2D eigenvalue weighted by Crippen LogP contribution is 2.31. The van der Waals surface area contributed by atoms with Crippen molar-refractivity contribution in [3.05, 3.63) is 35.2 Å². The molecule has 0 radical (unpaired) electrons. The van der Waals surface area contributed by atoms with Gasteiger partial charge in [-0.05, 0) is 6.07 Å². The maximum atomic E-state index is 12.0. The summed E-state index contributed by atoms with van der Waals surface area (Å²) in [5, 5.41) is 8.13. The number of hydrogen-bond acceptors (Lipinski definition) is 5. The quantitative estimate of drug-likeness (QED) is 0.510. The zero-order chi connectivity index (χ0) is 17.0. The molecule has 0 bridgehead atoms. The Labute approximate surface area is 138 Å². The van der Waals surface area contributed by atoms with Crippen molar-refractivity contribution >= 4 is 23.2 Å². The number of nitrogens with zero attached hydrogens (tertiary/aromatic N) is 3. The minimum Gasteiger partial charge on any atom is -0.370 e. The Balaban J connectivity index is 2.14. The summed E-state index contributed by atoms with van der Waals surface area (Å²) in [6.45, 7) is 1.92. The van der Waals surface area contributed by atoms with Gasteiger partial charge in [0.25, 0.3) is 0 Å². The number of thiazole rings is 1. The van der Waals surface area contributed by atoms with E-state index in [2.05, 4.69) is 15.9 Å². The third-order valence-corrected chi connectivity index (χ3v) is 4.63. The highest BCUT2D eigenvalue weighted by atomic mass is 32.1. The molecular formula is C16H17N5OS. The second kappa shape index (κ2) is 7.03. The van der Waals surface area contributed by atoms with Crippen LogP contribution in [-0.2, 0) is 4.79 Å². The summed E-state index contributed by atoms with van der Waals surface area (Å²) in [5.74, 6) is 2.02. The molecule has 0 spiro atoms. The molecule has 0 saturated carbocycles. The smallest absolute Gasteiger partial charge is 0.229 e. The Morgan fingerprint density at radius 3 is 2.91 bits per heavy atom. The van der Waals surface area contributed by atoms with E-state index in [1.54, 1.807) is 18.6 Å². The van der Waals surface area contributed by atoms with E-state index in [-0.39, 0.29) is 24.2 Å². The number of nitrogens with two attached hydrogens (primary N) is 1. The molecule has 2 aromatic heterocycles. The number of carbonyl (C=O) groups is 1. The van der Waals surface area contributed by atoms with Crippen molar-refractivity contribution in [2.24, 2.45) is 5.73 Å². The fraction of sp³-hybridized carbons (Fsp3) is 0.250. The Morgan fingerprint density at radius 1 is 1.52 bits per heavy atom. The van der Waals surface area contributed by atoms with Crippen LogP contribution in [0.15, 0.2) is 24.7 Å². The van der Waals surface area contributed by atoms with Crippen LogP contribution in [0.4, 0.5) is 0 Å². The summed E-state index contributed by atoms with van der Waals surface area (Å²) in [6, 6.07) is 1.88. The Bertz CT molecular complexity index is 777. The first kappa shape index (κ1) is 16.6. The second-order valence-electron chi connectivity index (χ2n) is 5.11. The van der Waals surface area contributed by atoms with E-state index in [9.17, 15) is 4.79 Å². The fourth-order valence-electron chi connectivity index (χ4n) is 1.92. The SMILES string of the molecule is C#Cc1cncc(-c2cnc([C@H](C)CC(=O)N(C)C(=N)N)s2)c1. The average Bonchev–Trinajstić information content (AvgIpc) is 3.04. The maximum Gasteiger partial charge on any atom is 0.229 e. The highest BCUT2D eigenvalue weighted by Gasteiger charge is 2.19. The summed E-state index contributed by atoms with van der Waals surface area (Å²) >= 11 is 1.50. The molecule has 0 aliphatic heterocycles. The van der Waals surface area contributed by atoms with E-state index in [0.717, 1.165) is 20.3 Å². The average molecular weight is 327 g/mol. The van der Waals surface area contributed by atoms with Crippen LogP contribution in [0.25, 0.3) is 10.4 Å². The molecule has 118 valence electrons. The van der Waals surface area contributed by atoms with E-state index in [1.807, 2.05) is 13.0 Å². The molecule has 2 heterocycles. The molecule has 6 nitrogen and oxygen atoms in total. The first-order chi connectivity index (χ1) is 10.9. The van der Waals surface area contributed by atoms with Crippen molar-refractivity contribution in [2.75, 3.05) is 7.05 Å². The Hall–Kier alpha value is -2.72. The number of terminal acetylenes is 1. The van der Waals surface area contributed by atoms with E-state index in [4.69, 9.17) is 17.6 Å². The van der Waals surface area contributed by atoms with Gasteiger partial charge in [-0.25, -0.2) is 4.98 Å². The lowest BCUT2D eigenvalue weighted by atomic mass is 10.1. The van der Waals surface area contributed by atoms with Crippen LogP contribution in [0.3, 0.4) is 0 Å². The van der Waals surface area contributed by atoms with Crippen molar-refractivity contribution < 1.29 is 4.79 Å². The predicted octanol–water partition coefficient (Wildman–Crippen LogP) is 2.03. The highest BCUT2D eigenvalue weighted by molar-refractivity contribution is 7.15. The standard InChI is InChI=1S/C16H17N5OS/c1-4-11-6-12(8-19-7-11)13-9-20-15(23-13)10(2)5-14(22)21(3)16(17)18/h1,6-10H,5H2,2-3H3,(H3,17,18)/t10-/m1/s1. The predicted molar refractivity (Wildman–Crippen MR) is 91.0 cm³/mol. The lowest BCUT2D eigenvalue weighted by Gasteiger charge is -2.16. The number of carbonyl (C=O) groups excluding carboxylic acids is 1. The van der Waals surface area contributed by atoms with Gasteiger partial charge in [0, 0.05) is 49.1 Å². The molecule has 7 heteroatoms. The number of pyridine rings is 1. The third kappa shape index (κ3) is 3.93. The zero-order valence-corrected chi connectivity index (χ0v) is 13.7. The maximum absolute atomic E-state index is 12.0. The third-order valence-electron chi connectivity index (χ3n) is 3.35. The molecule has 0 saturated heterocycles. The number of rotatable bonds is 4. The molecule has 2 rings (SSSR count). The van der Waals surface area contributed by atoms with Gasteiger partial charge < -0.3 is 5.73 Å². The second-order valence-corrected chi connectivity index (χ2v) is 6.17. The zero-order valence-electron chi connectivity index (χ0n) is 12.9. The summed E-state index contributed by atoms with van der Waals surface area (Å²) in [6.07, 6.45) is 10.7. The molecular weight excluding hydrogens is 310 g/mol. The molecule has 0 unspecified atom stereocenters. The molecule has 0 fully saturated rings.